The first kappa shape index (κ1) is 22.1. The van der Waals surface area contributed by atoms with Crippen molar-refractivity contribution in [1.82, 2.24) is 19.8 Å². The number of hydrogen-bond donors (Lipinski definition) is 2. The zero-order valence-electron chi connectivity index (χ0n) is 18.5. The number of nitrogens with two attached hydrogens (primary N) is 1. The SMILES string of the molecule is COCCN1CCC(N(C)Cc2nc(N)cc(O/N=C/c3ccc4c(c3)CC(=O)N4)n2)C1. The molecule has 2 aliphatic heterocycles. The maximum absolute atomic E-state index is 11.5. The molecule has 3 N–H and O–H groups in total. The van der Waals surface area contributed by atoms with Gasteiger partial charge in [-0.1, -0.05) is 11.2 Å². The molecule has 10 heteroatoms. The van der Waals surface area contributed by atoms with Crippen LogP contribution in [0.15, 0.2) is 29.4 Å². The van der Waals surface area contributed by atoms with Gasteiger partial charge in [0.1, 0.15) is 11.6 Å². The number of oxime groups is 1. The quantitative estimate of drug-likeness (QED) is 0.441. The van der Waals surface area contributed by atoms with E-state index in [1.807, 2.05) is 18.2 Å². The third-order valence-corrected chi connectivity index (χ3v) is 5.74. The van der Waals surface area contributed by atoms with Crippen molar-refractivity contribution in [1.29, 1.82) is 0 Å². The summed E-state index contributed by atoms with van der Waals surface area (Å²) in [5.74, 6) is 1.22. The first-order valence-electron chi connectivity index (χ1n) is 10.7. The standard InChI is InChI=1S/C22H29N7O3/c1-28(17-5-6-29(13-17)7-8-31-2)14-20-26-19(23)11-22(27-20)32-24-12-15-3-4-18-16(9-15)10-21(30)25-18/h3-4,9,11-12,17H,5-8,10,13-14H2,1-2H3,(H,25,30)(H2,23,26,27)/b24-12+. The largest absolute Gasteiger partial charge is 0.383 e. The highest BCUT2D eigenvalue weighted by molar-refractivity contribution is 5.99. The molecule has 170 valence electrons. The Bertz CT molecular complexity index is 997. The summed E-state index contributed by atoms with van der Waals surface area (Å²) >= 11 is 0. The van der Waals surface area contributed by atoms with Crippen molar-refractivity contribution in [3.05, 3.63) is 41.2 Å². The van der Waals surface area contributed by atoms with Crippen LogP contribution in [0.2, 0.25) is 0 Å². The number of likely N-dealkylation sites (N-methyl/N-ethyl adjacent to an activating group) is 1. The molecular weight excluding hydrogens is 410 g/mol. The van der Waals surface area contributed by atoms with Gasteiger partial charge in [-0.25, -0.2) is 4.98 Å². The van der Waals surface area contributed by atoms with Crippen molar-refractivity contribution in [2.24, 2.45) is 5.16 Å². The van der Waals surface area contributed by atoms with Gasteiger partial charge in [-0.3, -0.25) is 14.6 Å². The van der Waals surface area contributed by atoms with E-state index in [2.05, 4.69) is 37.3 Å². The molecule has 2 aromatic rings. The highest BCUT2D eigenvalue weighted by Gasteiger charge is 2.26. The fourth-order valence-electron chi connectivity index (χ4n) is 4.03. The maximum Gasteiger partial charge on any atom is 0.254 e. The number of benzene rings is 1. The fourth-order valence-corrected chi connectivity index (χ4v) is 4.03. The minimum Gasteiger partial charge on any atom is -0.383 e. The van der Waals surface area contributed by atoms with E-state index in [1.165, 1.54) is 0 Å². The number of amides is 1. The van der Waals surface area contributed by atoms with Crippen molar-refractivity contribution in [2.45, 2.75) is 25.4 Å². The van der Waals surface area contributed by atoms with E-state index in [4.69, 9.17) is 15.3 Å². The number of ether oxygens (including phenoxy) is 1. The Morgan fingerprint density at radius 1 is 1.38 bits per heavy atom. The molecule has 0 bridgehead atoms. The van der Waals surface area contributed by atoms with Gasteiger partial charge in [-0.05, 0) is 43.3 Å². The Kier molecular flexibility index (Phi) is 6.93. The highest BCUT2D eigenvalue weighted by Crippen LogP contribution is 2.23. The normalized spacial score (nSPS) is 18.5. The average molecular weight is 440 g/mol. The third-order valence-electron chi connectivity index (χ3n) is 5.74. The first-order chi connectivity index (χ1) is 15.5. The Balaban J connectivity index is 1.34. The summed E-state index contributed by atoms with van der Waals surface area (Å²) in [6.45, 7) is 4.32. The van der Waals surface area contributed by atoms with E-state index in [1.54, 1.807) is 19.4 Å². The smallest absolute Gasteiger partial charge is 0.254 e. The highest BCUT2D eigenvalue weighted by atomic mass is 16.6. The first-order valence-corrected chi connectivity index (χ1v) is 10.7. The fraction of sp³-hybridized carbons (Fsp3) is 0.455. The Morgan fingerprint density at radius 3 is 3.09 bits per heavy atom. The molecule has 32 heavy (non-hydrogen) atoms. The molecule has 1 fully saturated rings. The molecule has 1 aromatic carbocycles. The Morgan fingerprint density at radius 2 is 2.25 bits per heavy atom. The number of carbonyl (C=O) groups excluding carboxylic acids is 1. The predicted molar refractivity (Wildman–Crippen MR) is 122 cm³/mol. The summed E-state index contributed by atoms with van der Waals surface area (Å²) in [7, 11) is 3.80. The number of carbonyl (C=O) groups is 1. The number of anilines is 2. The van der Waals surface area contributed by atoms with Crippen molar-refractivity contribution in [3.8, 4) is 5.88 Å². The molecule has 0 spiro atoms. The molecule has 1 saturated heterocycles. The number of aromatic nitrogens is 2. The zero-order valence-corrected chi connectivity index (χ0v) is 18.5. The molecule has 0 saturated carbocycles. The molecule has 2 aliphatic rings. The lowest BCUT2D eigenvalue weighted by Gasteiger charge is -2.24. The van der Waals surface area contributed by atoms with Gasteiger partial charge >= 0.3 is 0 Å². The average Bonchev–Trinajstić information content (AvgIpc) is 3.37. The molecule has 1 aromatic heterocycles. The monoisotopic (exact) mass is 439 g/mol. The molecule has 4 rings (SSSR count). The molecule has 0 radical (unpaired) electrons. The summed E-state index contributed by atoms with van der Waals surface area (Å²) < 4.78 is 5.17. The lowest BCUT2D eigenvalue weighted by molar-refractivity contribution is -0.115. The second kappa shape index (κ2) is 10.0. The van der Waals surface area contributed by atoms with E-state index in [0.717, 1.165) is 49.5 Å². The predicted octanol–water partition coefficient (Wildman–Crippen LogP) is 1.12. The van der Waals surface area contributed by atoms with Crippen LogP contribution in [0, 0.1) is 0 Å². The van der Waals surface area contributed by atoms with Crippen LogP contribution in [-0.4, -0.2) is 78.3 Å². The number of rotatable bonds is 9. The molecule has 10 nitrogen and oxygen atoms in total. The van der Waals surface area contributed by atoms with Crippen LogP contribution in [-0.2, 0) is 22.5 Å². The van der Waals surface area contributed by atoms with Crippen molar-refractivity contribution in [3.63, 3.8) is 0 Å². The van der Waals surface area contributed by atoms with Crippen LogP contribution in [0.4, 0.5) is 11.5 Å². The summed E-state index contributed by atoms with van der Waals surface area (Å²) in [5, 5.41) is 6.83. The molecule has 0 aliphatic carbocycles. The number of fused-ring (bicyclic) bond motifs is 1. The molecule has 1 unspecified atom stereocenters. The second-order valence-electron chi connectivity index (χ2n) is 8.17. The van der Waals surface area contributed by atoms with E-state index >= 15 is 0 Å². The summed E-state index contributed by atoms with van der Waals surface area (Å²) in [4.78, 5) is 30.4. The van der Waals surface area contributed by atoms with Crippen molar-refractivity contribution >= 4 is 23.6 Å². The van der Waals surface area contributed by atoms with Crippen LogP contribution in [0.5, 0.6) is 5.88 Å². The lowest BCUT2D eigenvalue weighted by Crippen LogP contribution is -2.35. The van der Waals surface area contributed by atoms with Crippen molar-refractivity contribution in [2.75, 3.05) is 51.4 Å². The minimum absolute atomic E-state index is 0.000384. The second-order valence-corrected chi connectivity index (χ2v) is 8.17. The topological polar surface area (TPSA) is 118 Å². The van der Waals surface area contributed by atoms with Gasteiger partial charge < -0.3 is 20.6 Å². The van der Waals surface area contributed by atoms with E-state index in [-0.39, 0.29) is 5.91 Å². The number of nitrogens with one attached hydrogen (secondary N) is 1. The minimum atomic E-state index is -0.000384. The summed E-state index contributed by atoms with van der Waals surface area (Å²) in [6, 6.07) is 7.61. The van der Waals surface area contributed by atoms with Gasteiger partial charge in [-0.15, -0.1) is 0 Å². The number of hydrogen-bond acceptors (Lipinski definition) is 9. The van der Waals surface area contributed by atoms with Gasteiger partial charge in [0.25, 0.3) is 5.88 Å². The third kappa shape index (κ3) is 5.58. The van der Waals surface area contributed by atoms with Gasteiger partial charge in [0.2, 0.25) is 5.91 Å². The molecule has 3 heterocycles. The molecule has 1 amide bonds. The maximum atomic E-state index is 11.5. The van der Waals surface area contributed by atoms with Crippen LogP contribution < -0.4 is 15.9 Å². The van der Waals surface area contributed by atoms with Gasteiger partial charge in [0.05, 0.1) is 25.8 Å². The lowest BCUT2D eigenvalue weighted by atomic mass is 10.1. The van der Waals surface area contributed by atoms with Crippen LogP contribution >= 0.6 is 0 Å². The van der Waals surface area contributed by atoms with Crippen LogP contribution in [0.25, 0.3) is 0 Å². The number of likely N-dealkylation sites (tertiary alicyclic amines) is 1. The number of nitrogen functional groups attached to an aromatic ring is 1. The number of nitrogens with zero attached hydrogens (tertiary/aromatic N) is 5. The van der Waals surface area contributed by atoms with E-state index < -0.39 is 0 Å². The van der Waals surface area contributed by atoms with E-state index in [0.29, 0.717) is 36.5 Å². The molecular formula is C22H29N7O3. The van der Waals surface area contributed by atoms with Gasteiger partial charge in [-0.2, -0.15) is 4.98 Å². The Hall–Kier alpha value is -3.08. The van der Waals surface area contributed by atoms with Gasteiger partial charge in [0, 0.05) is 38.0 Å². The van der Waals surface area contributed by atoms with Crippen LogP contribution in [0.3, 0.4) is 0 Å². The van der Waals surface area contributed by atoms with Crippen LogP contribution in [0.1, 0.15) is 23.4 Å². The Labute approximate surface area is 187 Å². The van der Waals surface area contributed by atoms with E-state index in [9.17, 15) is 4.79 Å². The molecule has 1 atom stereocenters. The summed E-state index contributed by atoms with van der Waals surface area (Å²) in [5.41, 5.74) is 8.58. The summed E-state index contributed by atoms with van der Waals surface area (Å²) in [6.07, 6.45) is 3.06. The van der Waals surface area contributed by atoms with Gasteiger partial charge in [0.15, 0.2) is 0 Å². The van der Waals surface area contributed by atoms with Crippen molar-refractivity contribution < 1.29 is 14.4 Å². The number of methoxy groups -OCH3 is 1. The zero-order chi connectivity index (χ0) is 22.5.